The van der Waals surface area contributed by atoms with Gasteiger partial charge in [-0.1, -0.05) is 18.2 Å². The Kier molecular flexibility index (Phi) is 4.74. The van der Waals surface area contributed by atoms with E-state index in [1.807, 2.05) is 35.2 Å². The Labute approximate surface area is 155 Å². The predicted molar refractivity (Wildman–Crippen MR) is 98.6 cm³/mol. The molecule has 0 bridgehead atoms. The lowest BCUT2D eigenvalue weighted by Gasteiger charge is -2.40. The fraction of sp³-hybridized carbons (Fsp3) is 0.619. The molecule has 1 spiro atoms. The second kappa shape index (κ2) is 7.03. The van der Waals surface area contributed by atoms with Crippen LogP contribution in [0.5, 0.6) is 0 Å². The minimum absolute atomic E-state index is 0.0386. The van der Waals surface area contributed by atoms with Crippen molar-refractivity contribution in [2.75, 3.05) is 19.6 Å². The van der Waals surface area contributed by atoms with E-state index in [2.05, 4.69) is 4.90 Å². The number of aliphatic hydroxyl groups is 1. The average molecular weight is 356 g/mol. The van der Waals surface area contributed by atoms with E-state index in [0.29, 0.717) is 12.1 Å². The summed E-state index contributed by atoms with van der Waals surface area (Å²) in [5, 5.41) is 9.73. The molecule has 3 aliphatic rings. The molecule has 1 aromatic rings. The third-order valence-corrected chi connectivity index (χ3v) is 6.54. The van der Waals surface area contributed by atoms with E-state index < -0.39 is 5.41 Å². The van der Waals surface area contributed by atoms with Gasteiger partial charge in [-0.15, -0.1) is 0 Å². The van der Waals surface area contributed by atoms with Gasteiger partial charge in [0.1, 0.15) is 0 Å². The van der Waals surface area contributed by atoms with Crippen LogP contribution in [0, 0.1) is 5.41 Å². The maximum atomic E-state index is 13.3. The van der Waals surface area contributed by atoms with Crippen LogP contribution in [0.3, 0.4) is 0 Å². The lowest BCUT2D eigenvalue weighted by atomic mass is 9.78. The molecule has 2 amide bonds. The number of benzene rings is 1. The first-order valence-corrected chi connectivity index (χ1v) is 9.92. The molecule has 1 aromatic carbocycles. The third kappa shape index (κ3) is 3.13. The highest BCUT2D eigenvalue weighted by Gasteiger charge is 2.51. The number of aliphatic hydroxyl groups excluding tert-OH is 1. The highest BCUT2D eigenvalue weighted by Crippen LogP contribution is 2.42. The van der Waals surface area contributed by atoms with Crippen molar-refractivity contribution in [3.05, 3.63) is 35.9 Å². The number of piperidine rings is 1. The molecule has 140 valence electrons. The summed E-state index contributed by atoms with van der Waals surface area (Å²) in [6, 6.07) is 9.64. The highest BCUT2D eigenvalue weighted by atomic mass is 16.3. The maximum Gasteiger partial charge on any atom is 0.253 e. The second-order valence-electron chi connectivity index (χ2n) is 8.19. The van der Waals surface area contributed by atoms with E-state index in [9.17, 15) is 14.7 Å². The van der Waals surface area contributed by atoms with Crippen LogP contribution in [0.25, 0.3) is 0 Å². The van der Waals surface area contributed by atoms with Gasteiger partial charge in [0.2, 0.25) is 5.91 Å². The molecule has 2 aliphatic heterocycles. The van der Waals surface area contributed by atoms with Crippen molar-refractivity contribution in [1.82, 2.24) is 9.80 Å². The standard InChI is InChI=1S/C21H28N2O3/c24-18-9-7-17(8-10-18)23-14-12-21(20(23)26)11-4-13-22(15-21)19(25)16-5-2-1-3-6-16/h1-3,5-6,17-18,24H,4,7-15H2. The van der Waals surface area contributed by atoms with E-state index in [0.717, 1.165) is 58.0 Å². The van der Waals surface area contributed by atoms with Crippen molar-refractivity contribution >= 4 is 11.8 Å². The Balaban J connectivity index is 1.46. The van der Waals surface area contributed by atoms with Crippen LogP contribution < -0.4 is 0 Å². The molecule has 3 fully saturated rings. The Morgan fingerprint density at radius 1 is 1.04 bits per heavy atom. The van der Waals surface area contributed by atoms with Gasteiger partial charge in [-0.3, -0.25) is 9.59 Å². The van der Waals surface area contributed by atoms with Crippen molar-refractivity contribution in [3.63, 3.8) is 0 Å². The van der Waals surface area contributed by atoms with Crippen LogP contribution in [0.2, 0.25) is 0 Å². The Morgan fingerprint density at radius 2 is 1.77 bits per heavy atom. The van der Waals surface area contributed by atoms with Gasteiger partial charge < -0.3 is 14.9 Å². The topological polar surface area (TPSA) is 60.9 Å². The summed E-state index contributed by atoms with van der Waals surface area (Å²) in [5.41, 5.74) is 0.312. The minimum Gasteiger partial charge on any atom is -0.393 e. The number of amides is 2. The summed E-state index contributed by atoms with van der Waals surface area (Å²) < 4.78 is 0. The molecule has 1 saturated carbocycles. The van der Waals surface area contributed by atoms with Crippen LogP contribution in [0.1, 0.15) is 55.3 Å². The molecule has 0 aromatic heterocycles. The van der Waals surface area contributed by atoms with Crippen molar-refractivity contribution < 1.29 is 14.7 Å². The molecule has 2 saturated heterocycles. The largest absolute Gasteiger partial charge is 0.393 e. The average Bonchev–Trinajstić information content (AvgIpc) is 2.98. The minimum atomic E-state index is -0.390. The number of hydrogen-bond acceptors (Lipinski definition) is 3. The molecule has 2 heterocycles. The summed E-state index contributed by atoms with van der Waals surface area (Å²) in [6.07, 6.45) is 5.80. The molecule has 1 atom stereocenters. The van der Waals surface area contributed by atoms with Gasteiger partial charge in [0, 0.05) is 31.2 Å². The monoisotopic (exact) mass is 356 g/mol. The Hall–Kier alpha value is -1.88. The van der Waals surface area contributed by atoms with Crippen molar-refractivity contribution in [1.29, 1.82) is 0 Å². The summed E-state index contributed by atoms with van der Waals surface area (Å²) in [7, 11) is 0. The molecule has 5 nitrogen and oxygen atoms in total. The molecular weight excluding hydrogens is 328 g/mol. The quantitative estimate of drug-likeness (QED) is 0.885. The zero-order valence-corrected chi connectivity index (χ0v) is 15.3. The van der Waals surface area contributed by atoms with Crippen LogP contribution in [-0.4, -0.2) is 58.5 Å². The zero-order valence-electron chi connectivity index (χ0n) is 15.3. The fourth-order valence-electron chi connectivity index (χ4n) is 5.01. The van der Waals surface area contributed by atoms with Gasteiger partial charge in [0.25, 0.3) is 5.91 Å². The van der Waals surface area contributed by atoms with Crippen LogP contribution >= 0.6 is 0 Å². The molecule has 26 heavy (non-hydrogen) atoms. The summed E-state index contributed by atoms with van der Waals surface area (Å²) in [4.78, 5) is 30.1. The number of carbonyl (C=O) groups is 2. The number of carbonyl (C=O) groups excluding carboxylic acids is 2. The number of hydrogen-bond donors (Lipinski definition) is 1. The van der Waals surface area contributed by atoms with E-state index in [1.165, 1.54) is 0 Å². The number of rotatable bonds is 2. The molecule has 1 unspecified atom stereocenters. The van der Waals surface area contributed by atoms with Gasteiger partial charge in [0.15, 0.2) is 0 Å². The first kappa shape index (κ1) is 17.5. The second-order valence-corrected chi connectivity index (χ2v) is 8.19. The van der Waals surface area contributed by atoms with E-state index in [4.69, 9.17) is 0 Å². The van der Waals surface area contributed by atoms with Crippen LogP contribution in [0.15, 0.2) is 30.3 Å². The van der Waals surface area contributed by atoms with Crippen molar-refractivity contribution in [2.24, 2.45) is 5.41 Å². The number of nitrogens with zero attached hydrogens (tertiary/aromatic N) is 2. The summed E-state index contributed by atoms with van der Waals surface area (Å²) >= 11 is 0. The summed E-state index contributed by atoms with van der Waals surface area (Å²) in [6.45, 7) is 2.08. The SMILES string of the molecule is O=C(c1ccccc1)N1CCCC2(CCN(C3CCC(O)CC3)C2=O)C1. The molecule has 5 heteroatoms. The fourth-order valence-corrected chi connectivity index (χ4v) is 5.01. The first-order chi connectivity index (χ1) is 12.6. The lowest BCUT2D eigenvalue weighted by Crippen LogP contribution is -2.51. The molecule has 0 radical (unpaired) electrons. The van der Waals surface area contributed by atoms with Gasteiger partial charge in [-0.2, -0.15) is 0 Å². The van der Waals surface area contributed by atoms with Gasteiger partial charge in [-0.05, 0) is 57.1 Å². The van der Waals surface area contributed by atoms with Crippen molar-refractivity contribution in [2.45, 2.75) is 57.1 Å². The van der Waals surface area contributed by atoms with Crippen LogP contribution in [0.4, 0.5) is 0 Å². The normalized spacial score (nSPS) is 32.3. The summed E-state index contributed by atoms with van der Waals surface area (Å²) in [5.74, 6) is 0.279. The van der Waals surface area contributed by atoms with E-state index in [-0.39, 0.29) is 24.0 Å². The number of likely N-dealkylation sites (tertiary alicyclic amines) is 2. The maximum absolute atomic E-state index is 13.3. The van der Waals surface area contributed by atoms with Gasteiger partial charge in [-0.25, -0.2) is 0 Å². The Bertz CT molecular complexity index is 669. The first-order valence-electron chi connectivity index (χ1n) is 9.92. The van der Waals surface area contributed by atoms with E-state index >= 15 is 0 Å². The predicted octanol–water partition coefficient (Wildman–Crippen LogP) is 2.44. The third-order valence-electron chi connectivity index (χ3n) is 6.54. The lowest BCUT2D eigenvalue weighted by molar-refractivity contribution is -0.141. The smallest absolute Gasteiger partial charge is 0.253 e. The van der Waals surface area contributed by atoms with Gasteiger partial charge >= 0.3 is 0 Å². The van der Waals surface area contributed by atoms with E-state index in [1.54, 1.807) is 0 Å². The zero-order chi connectivity index (χ0) is 18.1. The van der Waals surface area contributed by atoms with Gasteiger partial charge in [0.05, 0.1) is 11.5 Å². The molecule has 1 aliphatic carbocycles. The highest BCUT2D eigenvalue weighted by molar-refractivity contribution is 5.95. The molecule has 1 N–H and O–H groups in total. The molecule has 4 rings (SSSR count). The molecular formula is C21H28N2O3. The van der Waals surface area contributed by atoms with Crippen molar-refractivity contribution in [3.8, 4) is 0 Å². The van der Waals surface area contributed by atoms with Crippen LogP contribution in [-0.2, 0) is 4.79 Å². The Morgan fingerprint density at radius 3 is 2.50 bits per heavy atom.